The summed E-state index contributed by atoms with van der Waals surface area (Å²) in [5, 5.41) is 17.3. The van der Waals surface area contributed by atoms with Crippen molar-refractivity contribution in [1.29, 1.82) is 0 Å². The Morgan fingerprint density at radius 2 is 2.08 bits per heavy atom. The van der Waals surface area contributed by atoms with Gasteiger partial charge in [0.15, 0.2) is 5.11 Å². The molecule has 1 heterocycles. The van der Waals surface area contributed by atoms with Crippen molar-refractivity contribution in [3.63, 3.8) is 0 Å². The Bertz CT molecular complexity index is 980. The van der Waals surface area contributed by atoms with Crippen LogP contribution in [0.25, 0.3) is 10.8 Å². The first-order valence-corrected chi connectivity index (χ1v) is 7.86. The average Bonchev–Trinajstić information content (AvgIpc) is 3.02. The smallest absolute Gasteiger partial charge is 0.275 e. The van der Waals surface area contributed by atoms with E-state index in [0.29, 0.717) is 12.1 Å². The molecule has 0 aliphatic heterocycles. The lowest BCUT2D eigenvalue weighted by Gasteiger charge is -2.10. The van der Waals surface area contributed by atoms with Gasteiger partial charge in [0, 0.05) is 12.3 Å². The molecule has 0 saturated heterocycles. The third kappa shape index (κ3) is 3.64. The molecule has 3 rings (SSSR count). The van der Waals surface area contributed by atoms with E-state index >= 15 is 0 Å². The largest absolute Gasteiger partial charge is 0.375 e. The van der Waals surface area contributed by atoms with E-state index in [0.717, 1.165) is 16.5 Å². The second-order valence-electron chi connectivity index (χ2n) is 5.34. The van der Waals surface area contributed by atoms with E-state index in [2.05, 4.69) is 10.5 Å². The number of hydrogen-bond donors (Lipinski definition) is 2. The number of nitrogens with one attached hydrogen (secondary N) is 1. The zero-order valence-corrected chi connectivity index (χ0v) is 13.9. The number of hydrogen-bond acceptors (Lipinski definition) is 4. The molecule has 0 fully saturated rings. The van der Waals surface area contributed by atoms with Crippen molar-refractivity contribution in [2.45, 2.75) is 6.54 Å². The van der Waals surface area contributed by atoms with Gasteiger partial charge in [-0.25, -0.2) is 0 Å². The zero-order chi connectivity index (χ0) is 17.8. The van der Waals surface area contributed by atoms with E-state index in [1.165, 1.54) is 0 Å². The van der Waals surface area contributed by atoms with Crippen molar-refractivity contribution < 1.29 is 4.92 Å². The second kappa shape index (κ2) is 7.10. The Morgan fingerprint density at radius 3 is 2.84 bits per heavy atom. The summed E-state index contributed by atoms with van der Waals surface area (Å²) < 4.78 is 1.87. The van der Waals surface area contributed by atoms with E-state index in [-0.39, 0.29) is 15.7 Å². The topological polar surface area (TPSA) is 98.5 Å². The minimum absolute atomic E-state index is 0.0686. The van der Waals surface area contributed by atoms with E-state index in [1.54, 1.807) is 18.3 Å². The van der Waals surface area contributed by atoms with Crippen molar-refractivity contribution in [2.24, 2.45) is 10.8 Å². The number of thiocarbonyl (C=S) groups is 1. The number of nitro groups is 1. The van der Waals surface area contributed by atoms with Crippen LogP contribution in [0, 0.1) is 10.1 Å². The van der Waals surface area contributed by atoms with Crippen molar-refractivity contribution >= 4 is 40.0 Å². The highest BCUT2D eigenvalue weighted by atomic mass is 32.1. The van der Waals surface area contributed by atoms with Crippen molar-refractivity contribution in [3.8, 4) is 0 Å². The highest BCUT2D eigenvalue weighted by Crippen LogP contribution is 2.29. The number of nitrogens with two attached hydrogens (primary N) is 1. The highest BCUT2D eigenvalue weighted by molar-refractivity contribution is 7.80. The van der Waals surface area contributed by atoms with Gasteiger partial charge in [0.2, 0.25) is 0 Å². The molecular formula is C17H15N5O2S. The van der Waals surface area contributed by atoms with Gasteiger partial charge in [-0.3, -0.25) is 15.5 Å². The maximum atomic E-state index is 11.5. The van der Waals surface area contributed by atoms with Crippen LogP contribution >= 0.6 is 12.2 Å². The molecule has 7 nitrogen and oxygen atoms in total. The van der Waals surface area contributed by atoms with Gasteiger partial charge in [-0.2, -0.15) is 5.10 Å². The van der Waals surface area contributed by atoms with Gasteiger partial charge in [-0.15, -0.1) is 0 Å². The van der Waals surface area contributed by atoms with Crippen LogP contribution < -0.4 is 11.2 Å². The summed E-state index contributed by atoms with van der Waals surface area (Å²) in [6.07, 6.45) is 3.41. The first kappa shape index (κ1) is 16.6. The molecule has 0 atom stereocenters. The number of nitrogens with zero attached hydrogens (tertiary/aromatic N) is 3. The molecule has 2 aromatic carbocycles. The van der Waals surface area contributed by atoms with Gasteiger partial charge in [0.05, 0.1) is 28.9 Å². The van der Waals surface area contributed by atoms with E-state index in [1.807, 2.05) is 47.2 Å². The zero-order valence-electron chi connectivity index (χ0n) is 13.1. The first-order chi connectivity index (χ1) is 12.1. The van der Waals surface area contributed by atoms with E-state index in [9.17, 15) is 10.1 Å². The highest BCUT2D eigenvalue weighted by Gasteiger charge is 2.17. The van der Waals surface area contributed by atoms with Crippen LogP contribution in [0.1, 0.15) is 11.3 Å². The summed E-state index contributed by atoms with van der Waals surface area (Å²) in [5.41, 5.74) is 9.34. The summed E-state index contributed by atoms with van der Waals surface area (Å²) in [7, 11) is 0. The van der Waals surface area contributed by atoms with Gasteiger partial charge in [0.25, 0.3) is 5.69 Å². The minimum atomic E-state index is -0.354. The van der Waals surface area contributed by atoms with Crippen LogP contribution in [0.15, 0.2) is 59.8 Å². The third-order valence-corrected chi connectivity index (χ3v) is 3.87. The van der Waals surface area contributed by atoms with Gasteiger partial charge in [-0.05, 0) is 41.2 Å². The average molecular weight is 353 g/mol. The SMILES string of the molecule is NC(=S)N/N=C/c1cccn1Cc1c([N+](=O)[O-])ccc2ccccc12. The Balaban J connectivity index is 2.02. The number of benzene rings is 2. The lowest BCUT2D eigenvalue weighted by Crippen LogP contribution is -2.24. The van der Waals surface area contributed by atoms with E-state index in [4.69, 9.17) is 18.0 Å². The molecule has 0 aliphatic carbocycles. The molecular weight excluding hydrogens is 338 g/mol. The van der Waals surface area contributed by atoms with Crippen LogP contribution in [0.2, 0.25) is 0 Å². The molecule has 0 spiro atoms. The fourth-order valence-electron chi connectivity index (χ4n) is 2.68. The van der Waals surface area contributed by atoms with Crippen molar-refractivity contribution in [3.05, 3.63) is 76.1 Å². The summed E-state index contributed by atoms with van der Waals surface area (Å²) in [4.78, 5) is 11.1. The molecule has 0 aliphatic rings. The maximum absolute atomic E-state index is 11.5. The maximum Gasteiger partial charge on any atom is 0.275 e. The monoisotopic (exact) mass is 353 g/mol. The molecule has 0 radical (unpaired) electrons. The predicted octanol–water partition coefficient (Wildman–Crippen LogP) is 2.76. The number of aromatic nitrogens is 1. The van der Waals surface area contributed by atoms with Crippen LogP contribution in [-0.4, -0.2) is 20.8 Å². The normalized spacial score (nSPS) is 11.0. The minimum Gasteiger partial charge on any atom is -0.375 e. The Hall–Kier alpha value is -3.26. The molecule has 3 N–H and O–H groups in total. The molecule has 0 amide bonds. The van der Waals surface area contributed by atoms with E-state index < -0.39 is 0 Å². The Labute approximate surface area is 148 Å². The van der Waals surface area contributed by atoms with Gasteiger partial charge in [-0.1, -0.05) is 24.3 Å². The van der Waals surface area contributed by atoms with Gasteiger partial charge < -0.3 is 10.3 Å². The molecule has 8 heteroatoms. The molecule has 3 aromatic rings. The summed E-state index contributed by atoms with van der Waals surface area (Å²) in [6.45, 7) is 0.346. The first-order valence-electron chi connectivity index (χ1n) is 7.45. The van der Waals surface area contributed by atoms with Gasteiger partial charge in [0.1, 0.15) is 0 Å². The fraction of sp³-hybridized carbons (Fsp3) is 0.0588. The number of nitro benzene ring substituents is 1. The molecule has 0 saturated carbocycles. The summed E-state index contributed by atoms with van der Waals surface area (Å²) in [5.74, 6) is 0. The lowest BCUT2D eigenvalue weighted by atomic mass is 10.0. The summed E-state index contributed by atoms with van der Waals surface area (Å²) in [6, 6.07) is 14.6. The Morgan fingerprint density at radius 1 is 1.28 bits per heavy atom. The molecule has 0 bridgehead atoms. The van der Waals surface area contributed by atoms with Crippen molar-refractivity contribution in [1.82, 2.24) is 9.99 Å². The van der Waals surface area contributed by atoms with Crippen LogP contribution in [0.3, 0.4) is 0 Å². The summed E-state index contributed by atoms with van der Waals surface area (Å²) >= 11 is 4.70. The lowest BCUT2D eigenvalue weighted by molar-refractivity contribution is -0.385. The second-order valence-corrected chi connectivity index (χ2v) is 5.78. The molecule has 0 unspecified atom stereocenters. The van der Waals surface area contributed by atoms with Crippen molar-refractivity contribution in [2.75, 3.05) is 0 Å². The molecule has 25 heavy (non-hydrogen) atoms. The quantitative estimate of drug-likeness (QED) is 0.318. The Kier molecular flexibility index (Phi) is 4.71. The molecule has 126 valence electrons. The fourth-order valence-corrected chi connectivity index (χ4v) is 2.74. The predicted molar refractivity (Wildman–Crippen MR) is 102 cm³/mol. The number of rotatable bonds is 5. The van der Waals surface area contributed by atoms with Crippen LogP contribution in [-0.2, 0) is 6.54 Å². The van der Waals surface area contributed by atoms with Crippen LogP contribution in [0.5, 0.6) is 0 Å². The standard InChI is InChI=1S/C17H15N5O2S/c18-17(25)20-19-10-13-5-3-9-21(13)11-15-14-6-2-1-4-12(14)7-8-16(15)22(23)24/h1-10H,11H2,(H3,18,20,25)/b19-10+. The molecule has 1 aromatic heterocycles. The number of fused-ring (bicyclic) bond motifs is 1. The third-order valence-electron chi connectivity index (χ3n) is 3.78. The van der Waals surface area contributed by atoms with Crippen LogP contribution in [0.4, 0.5) is 5.69 Å². The number of hydrazone groups is 1. The van der Waals surface area contributed by atoms with Gasteiger partial charge >= 0.3 is 0 Å².